The Morgan fingerprint density at radius 1 is 0.585 bits per heavy atom. The molecule has 0 fully saturated rings. The van der Waals surface area contributed by atoms with Crippen molar-refractivity contribution in [3.63, 3.8) is 0 Å². The highest BCUT2D eigenvalue weighted by Gasteiger charge is 2.21. The number of hydrogen-bond donors (Lipinski definition) is 0. The Labute approximate surface area is 324 Å². The molecular formula is C43H76NO8P. The van der Waals surface area contributed by atoms with E-state index in [1.165, 1.54) is 44.9 Å². The second kappa shape index (κ2) is 35.4. The number of allylic oxidation sites excluding steroid dienone is 10. The molecule has 0 aromatic carbocycles. The maximum absolute atomic E-state index is 12.6. The summed E-state index contributed by atoms with van der Waals surface area (Å²) >= 11 is 0. The number of rotatable bonds is 36. The first-order chi connectivity index (χ1) is 25.5. The first-order valence-corrected chi connectivity index (χ1v) is 22.0. The molecule has 0 bridgehead atoms. The number of ether oxygens (including phenoxy) is 2. The van der Waals surface area contributed by atoms with Gasteiger partial charge in [-0.2, -0.15) is 0 Å². The Kier molecular flexibility index (Phi) is 33.9. The van der Waals surface area contributed by atoms with Gasteiger partial charge in [-0.1, -0.05) is 120 Å². The molecule has 0 aromatic heterocycles. The Morgan fingerprint density at radius 3 is 1.58 bits per heavy atom. The van der Waals surface area contributed by atoms with Gasteiger partial charge in [0, 0.05) is 12.8 Å². The van der Waals surface area contributed by atoms with E-state index >= 15 is 0 Å². The van der Waals surface area contributed by atoms with Gasteiger partial charge in [-0.15, -0.1) is 0 Å². The van der Waals surface area contributed by atoms with Crippen molar-refractivity contribution in [1.29, 1.82) is 0 Å². The van der Waals surface area contributed by atoms with Gasteiger partial charge in [-0.3, -0.25) is 14.2 Å². The predicted molar refractivity (Wildman–Crippen MR) is 217 cm³/mol. The normalized spacial score (nSPS) is 14.3. The number of quaternary nitrogens is 1. The third-order valence-electron chi connectivity index (χ3n) is 8.26. The van der Waals surface area contributed by atoms with Crippen molar-refractivity contribution in [2.24, 2.45) is 0 Å². The lowest BCUT2D eigenvalue weighted by Gasteiger charge is -2.28. The fraction of sp³-hybridized carbons (Fsp3) is 0.721. The summed E-state index contributed by atoms with van der Waals surface area (Å²) in [7, 11) is 1.12. The van der Waals surface area contributed by atoms with Crippen LogP contribution in [0.3, 0.4) is 0 Å². The Hall–Kier alpha value is -2.29. The van der Waals surface area contributed by atoms with Gasteiger partial charge in [0.1, 0.15) is 19.8 Å². The fourth-order valence-electron chi connectivity index (χ4n) is 4.99. The number of hydrogen-bond acceptors (Lipinski definition) is 8. The third kappa shape index (κ3) is 39.2. The van der Waals surface area contributed by atoms with Crippen LogP contribution in [0.15, 0.2) is 60.8 Å². The topological polar surface area (TPSA) is 111 Å². The second-order valence-electron chi connectivity index (χ2n) is 14.6. The van der Waals surface area contributed by atoms with E-state index in [4.69, 9.17) is 18.5 Å². The molecule has 9 nitrogen and oxygen atoms in total. The lowest BCUT2D eigenvalue weighted by atomic mass is 10.1. The van der Waals surface area contributed by atoms with E-state index in [2.05, 4.69) is 68.5 Å². The lowest BCUT2D eigenvalue weighted by Crippen LogP contribution is -2.37. The van der Waals surface area contributed by atoms with Crippen LogP contribution in [0.5, 0.6) is 0 Å². The van der Waals surface area contributed by atoms with Gasteiger partial charge < -0.3 is 27.9 Å². The van der Waals surface area contributed by atoms with Crippen LogP contribution < -0.4 is 4.89 Å². The summed E-state index contributed by atoms with van der Waals surface area (Å²) in [6.45, 7) is 4.07. The van der Waals surface area contributed by atoms with E-state index in [1.807, 2.05) is 27.2 Å². The van der Waals surface area contributed by atoms with Crippen molar-refractivity contribution < 1.29 is 42.1 Å². The molecule has 0 radical (unpaired) electrons. The number of carbonyl (C=O) groups is 2. The van der Waals surface area contributed by atoms with Crippen LogP contribution in [-0.2, 0) is 32.7 Å². The number of carbonyl (C=O) groups excluding carboxylic acids is 2. The quantitative estimate of drug-likeness (QED) is 0.0204. The summed E-state index contributed by atoms with van der Waals surface area (Å²) in [5.41, 5.74) is 0. The molecule has 0 aliphatic heterocycles. The largest absolute Gasteiger partial charge is 0.756 e. The average Bonchev–Trinajstić information content (AvgIpc) is 3.10. The molecule has 306 valence electrons. The number of phosphoric ester groups is 1. The van der Waals surface area contributed by atoms with E-state index < -0.39 is 32.5 Å². The van der Waals surface area contributed by atoms with Gasteiger partial charge in [0.05, 0.1) is 27.7 Å². The summed E-state index contributed by atoms with van der Waals surface area (Å²) in [5, 5.41) is 0. The van der Waals surface area contributed by atoms with Gasteiger partial charge in [0.15, 0.2) is 6.10 Å². The highest BCUT2D eigenvalue weighted by Crippen LogP contribution is 2.38. The lowest BCUT2D eigenvalue weighted by molar-refractivity contribution is -0.870. The number of likely N-dealkylation sites (N-methyl/N-ethyl adjacent to an activating group) is 1. The summed E-state index contributed by atoms with van der Waals surface area (Å²) < 4.78 is 33.7. The molecule has 0 N–H and O–H groups in total. The van der Waals surface area contributed by atoms with Crippen molar-refractivity contribution in [3.8, 4) is 0 Å². The molecule has 0 amide bonds. The third-order valence-corrected chi connectivity index (χ3v) is 9.22. The fourth-order valence-corrected chi connectivity index (χ4v) is 5.72. The Balaban J connectivity index is 4.51. The zero-order chi connectivity index (χ0) is 39.3. The van der Waals surface area contributed by atoms with Crippen molar-refractivity contribution in [2.45, 2.75) is 155 Å². The predicted octanol–water partition coefficient (Wildman–Crippen LogP) is 10.7. The van der Waals surface area contributed by atoms with Gasteiger partial charge in [-0.25, -0.2) is 0 Å². The zero-order valence-corrected chi connectivity index (χ0v) is 35.1. The molecule has 0 heterocycles. The Morgan fingerprint density at radius 2 is 1.04 bits per heavy atom. The monoisotopic (exact) mass is 766 g/mol. The number of unbranched alkanes of at least 4 members (excludes halogenated alkanes) is 12. The van der Waals surface area contributed by atoms with E-state index in [-0.39, 0.29) is 26.1 Å². The molecule has 0 spiro atoms. The molecule has 1 unspecified atom stereocenters. The minimum absolute atomic E-state index is 0.0432. The molecule has 0 saturated carbocycles. The first-order valence-electron chi connectivity index (χ1n) is 20.5. The van der Waals surface area contributed by atoms with E-state index in [0.29, 0.717) is 23.9 Å². The summed E-state index contributed by atoms with van der Waals surface area (Å²) in [6.07, 6.45) is 41.1. The molecule has 0 aromatic rings. The first kappa shape index (κ1) is 50.7. The molecule has 10 heteroatoms. The number of phosphoric acid groups is 1. The van der Waals surface area contributed by atoms with Crippen LogP contribution in [0, 0.1) is 0 Å². The summed E-state index contributed by atoms with van der Waals surface area (Å²) in [4.78, 5) is 37.4. The van der Waals surface area contributed by atoms with E-state index in [0.717, 1.165) is 64.2 Å². The molecule has 0 aliphatic rings. The Bertz CT molecular complexity index is 1090. The average molecular weight is 766 g/mol. The van der Waals surface area contributed by atoms with Crippen LogP contribution in [-0.4, -0.2) is 70.0 Å². The van der Waals surface area contributed by atoms with E-state index in [9.17, 15) is 19.0 Å². The van der Waals surface area contributed by atoms with Gasteiger partial charge in [-0.05, 0) is 77.0 Å². The number of nitrogens with zero attached hydrogens (tertiary/aromatic N) is 1. The molecule has 0 aliphatic carbocycles. The smallest absolute Gasteiger partial charge is 0.306 e. The summed E-state index contributed by atoms with van der Waals surface area (Å²) in [5.74, 6) is -0.917. The highest BCUT2D eigenvalue weighted by molar-refractivity contribution is 7.45. The van der Waals surface area contributed by atoms with Crippen LogP contribution >= 0.6 is 7.82 Å². The minimum atomic E-state index is -4.64. The van der Waals surface area contributed by atoms with Crippen molar-refractivity contribution in [2.75, 3.05) is 47.5 Å². The standard InChI is InChI=1S/C43H76NO8P/c1-6-8-10-12-14-16-18-20-21-22-23-24-26-27-29-31-33-35-42(45)49-39-41(40-51-53(47,48)50-38-37-44(3,4)5)52-43(46)36-34-32-30-28-25-19-17-15-13-11-9-7-2/h14-17,20-21,23-24,27,29,41H,6-13,18-19,22,25-26,28,30-40H2,1-5H3/b16-14-,17-15-,21-20-,24-23-,29-27-/t41-/m1/s1. The van der Waals surface area contributed by atoms with Crippen LogP contribution in [0.2, 0.25) is 0 Å². The zero-order valence-electron chi connectivity index (χ0n) is 34.2. The summed E-state index contributed by atoms with van der Waals surface area (Å²) in [6, 6.07) is 0. The van der Waals surface area contributed by atoms with Gasteiger partial charge in [0.25, 0.3) is 7.82 Å². The molecule has 0 saturated heterocycles. The molecular weight excluding hydrogens is 689 g/mol. The van der Waals surface area contributed by atoms with Crippen molar-refractivity contribution in [3.05, 3.63) is 60.8 Å². The van der Waals surface area contributed by atoms with Crippen molar-refractivity contribution in [1.82, 2.24) is 0 Å². The maximum atomic E-state index is 12.6. The minimum Gasteiger partial charge on any atom is -0.756 e. The van der Waals surface area contributed by atoms with Crippen LogP contribution in [0.1, 0.15) is 149 Å². The van der Waals surface area contributed by atoms with Gasteiger partial charge >= 0.3 is 11.9 Å². The second-order valence-corrected chi connectivity index (χ2v) is 16.1. The highest BCUT2D eigenvalue weighted by atomic mass is 31.2. The van der Waals surface area contributed by atoms with Crippen LogP contribution in [0.25, 0.3) is 0 Å². The van der Waals surface area contributed by atoms with Crippen molar-refractivity contribution >= 4 is 19.8 Å². The molecule has 2 atom stereocenters. The molecule has 53 heavy (non-hydrogen) atoms. The SMILES string of the molecule is CCCCC/C=C\C/C=C\C/C=C\C/C=C\CCCC(=O)OC[C@H](COP(=O)([O-])OCC[N+](C)(C)C)OC(=O)CCCCCCC/C=C\CCCCC. The maximum Gasteiger partial charge on any atom is 0.306 e. The number of esters is 2. The van der Waals surface area contributed by atoms with E-state index in [1.54, 1.807) is 0 Å². The van der Waals surface area contributed by atoms with Gasteiger partial charge in [0.2, 0.25) is 0 Å². The van der Waals surface area contributed by atoms with Crippen LogP contribution in [0.4, 0.5) is 0 Å². The molecule has 0 rings (SSSR count).